The van der Waals surface area contributed by atoms with Crippen molar-refractivity contribution in [3.8, 4) is 5.69 Å². The van der Waals surface area contributed by atoms with E-state index in [9.17, 15) is 4.79 Å². The number of nitrogens with zero attached hydrogens (tertiary/aromatic N) is 2. The predicted molar refractivity (Wildman–Crippen MR) is 98.6 cm³/mol. The van der Waals surface area contributed by atoms with Crippen molar-refractivity contribution in [3.05, 3.63) is 46.2 Å². The monoisotopic (exact) mass is 361 g/mol. The minimum atomic E-state index is -0.0790. The molecule has 0 radical (unpaired) electrons. The fourth-order valence-corrected chi connectivity index (χ4v) is 3.41. The Balaban J connectivity index is 1.87. The fraction of sp³-hybridized carbons (Fsp3) is 0.474. The molecule has 0 spiro atoms. The van der Waals surface area contributed by atoms with Crippen LogP contribution in [0.4, 0.5) is 0 Å². The lowest BCUT2D eigenvalue weighted by Crippen LogP contribution is -2.32. The van der Waals surface area contributed by atoms with Crippen molar-refractivity contribution in [2.24, 2.45) is 0 Å². The van der Waals surface area contributed by atoms with E-state index in [2.05, 4.69) is 17.3 Å². The van der Waals surface area contributed by atoms with Gasteiger partial charge in [-0.05, 0) is 44.4 Å². The zero-order chi connectivity index (χ0) is 17.8. The van der Waals surface area contributed by atoms with Crippen LogP contribution in [0.3, 0.4) is 0 Å². The fourth-order valence-electron chi connectivity index (χ4n) is 3.23. The number of hydrogen-bond donors (Lipinski definition) is 1. The maximum atomic E-state index is 12.8. The average Bonchev–Trinajstić information content (AvgIpc) is 3.21. The molecule has 5 nitrogen and oxygen atoms in total. The molecule has 1 aromatic heterocycles. The molecule has 0 unspecified atom stereocenters. The first kappa shape index (κ1) is 18.0. The van der Waals surface area contributed by atoms with Gasteiger partial charge in [0.25, 0.3) is 5.91 Å². The summed E-state index contributed by atoms with van der Waals surface area (Å²) in [6, 6.07) is 7.50. The number of halogens is 1. The molecule has 2 heterocycles. The number of benzene rings is 1. The van der Waals surface area contributed by atoms with Gasteiger partial charge in [0.05, 0.1) is 28.7 Å². The van der Waals surface area contributed by atoms with Crippen molar-refractivity contribution in [2.75, 3.05) is 13.2 Å². The molecule has 134 valence electrons. The Morgan fingerprint density at radius 3 is 3.00 bits per heavy atom. The third kappa shape index (κ3) is 4.05. The largest absolute Gasteiger partial charge is 0.376 e. The molecule has 1 fully saturated rings. The lowest BCUT2D eigenvalue weighted by molar-refractivity contribution is 0.0856. The highest BCUT2D eigenvalue weighted by Crippen LogP contribution is 2.22. The van der Waals surface area contributed by atoms with Gasteiger partial charge >= 0.3 is 0 Å². The van der Waals surface area contributed by atoms with Crippen LogP contribution < -0.4 is 5.32 Å². The number of ether oxygens (including phenoxy) is 1. The number of amides is 1. The quantitative estimate of drug-likeness (QED) is 0.853. The first-order chi connectivity index (χ1) is 12.1. The topological polar surface area (TPSA) is 56.2 Å². The normalized spacial score (nSPS) is 17.0. The Morgan fingerprint density at radius 2 is 2.32 bits per heavy atom. The minimum Gasteiger partial charge on any atom is -0.376 e. The number of aryl methyl sites for hydroxylation is 1. The third-order valence-corrected chi connectivity index (χ3v) is 4.70. The van der Waals surface area contributed by atoms with E-state index in [1.165, 1.54) is 0 Å². The molecule has 25 heavy (non-hydrogen) atoms. The van der Waals surface area contributed by atoms with E-state index < -0.39 is 0 Å². The molecule has 0 saturated carbocycles. The van der Waals surface area contributed by atoms with E-state index in [1.807, 2.05) is 31.2 Å². The molecule has 0 aliphatic carbocycles. The van der Waals surface area contributed by atoms with Crippen LogP contribution in [0.1, 0.15) is 47.9 Å². The molecular formula is C19H24ClN3O2. The second-order valence-corrected chi connectivity index (χ2v) is 6.83. The second-order valence-electron chi connectivity index (χ2n) is 6.39. The highest BCUT2D eigenvalue weighted by molar-refractivity contribution is 6.30. The molecule has 1 aliphatic rings. The number of carbonyl (C=O) groups is 1. The van der Waals surface area contributed by atoms with Gasteiger partial charge in [0.1, 0.15) is 0 Å². The van der Waals surface area contributed by atoms with Crippen molar-refractivity contribution >= 4 is 17.5 Å². The highest BCUT2D eigenvalue weighted by atomic mass is 35.5. The van der Waals surface area contributed by atoms with Gasteiger partial charge in [-0.25, -0.2) is 4.68 Å². The lowest BCUT2D eigenvalue weighted by atomic mass is 10.1. The first-order valence-electron chi connectivity index (χ1n) is 8.84. The summed E-state index contributed by atoms with van der Waals surface area (Å²) in [7, 11) is 0. The van der Waals surface area contributed by atoms with E-state index in [0.717, 1.165) is 49.4 Å². The van der Waals surface area contributed by atoms with Crippen LogP contribution in [0.15, 0.2) is 24.3 Å². The van der Waals surface area contributed by atoms with Crippen LogP contribution in [0.25, 0.3) is 5.69 Å². The molecule has 6 heteroatoms. The minimum absolute atomic E-state index is 0.0790. The Kier molecular flexibility index (Phi) is 5.76. The smallest absolute Gasteiger partial charge is 0.255 e. The van der Waals surface area contributed by atoms with Crippen LogP contribution in [0, 0.1) is 6.92 Å². The summed E-state index contributed by atoms with van der Waals surface area (Å²) in [6.07, 6.45) is 3.88. The van der Waals surface area contributed by atoms with Crippen LogP contribution in [-0.4, -0.2) is 34.9 Å². The number of rotatable bonds is 6. The molecule has 3 rings (SSSR count). The molecule has 2 aromatic rings. The van der Waals surface area contributed by atoms with Crippen LogP contribution in [0.5, 0.6) is 0 Å². The molecular weight excluding hydrogens is 338 g/mol. The highest BCUT2D eigenvalue weighted by Gasteiger charge is 2.23. The van der Waals surface area contributed by atoms with Crippen molar-refractivity contribution in [1.29, 1.82) is 0 Å². The number of hydrogen-bond acceptors (Lipinski definition) is 3. The number of carbonyl (C=O) groups excluding carboxylic acids is 1. The summed E-state index contributed by atoms with van der Waals surface area (Å²) in [5.74, 6) is -0.0790. The van der Waals surface area contributed by atoms with Crippen molar-refractivity contribution in [1.82, 2.24) is 15.1 Å². The molecule has 1 atom stereocenters. The summed E-state index contributed by atoms with van der Waals surface area (Å²) in [6.45, 7) is 5.34. The van der Waals surface area contributed by atoms with Gasteiger partial charge in [0.2, 0.25) is 0 Å². The zero-order valence-corrected chi connectivity index (χ0v) is 15.5. The van der Waals surface area contributed by atoms with E-state index in [1.54, 1.807) is 4.68 Å². The van der Waals surface area contributed by atoms with E-state index in [4.69, 9.17) is 16.3 Å². The molecule has 1 N–H and O–H groups in total. The zero-order valence-electron chi connectivity index (χ0n) is 14.7. The molecule has 1 amide bonds. The Bertz CT molecular complexity index is 751. The summed E-state index contributed by atoms with van der Waals surface area (Å²) in [5.41, 5.74) is 3.18. The van der Waals surface area contributed by atoms with E-state index >= 15 is 0 Å². The summed E-state index contributed by atoms with van der Waals surface area (Å²) < 4.78 is 7.39. The van der Waals surface area contributed by atoms with Crippen LogP contribution >= 0.6 is 11.6 Å². The lowest BCUT2D eigenvalue weighted by Gasteiger charge is -2.11. The SMILES string of the molecule is CCCc1nn(-c2cccc(Cl)c2)c(C)c1C(=O)NC[C@@H]1CCCO1. The van der Waals surface area contributed by atoms with Gasteiger partial charge < -0.3 is 10.1 Å². The van der Waals surface area contributed by atoms with Gasteiger partial charge in [-0.3, -0.25) is 4.79 Å². The number of nitrogens with one attached hydrogen (secondary N) is 1. The van der Waals surface area contributed by atoms with Gasteiger partial charge in [0.15, 0.2) is 0 Å². The standard InChI is InChI=1S/C19H24ClN3O2/c1-3-6-17-18(19(24)21-12-16-9-5-10-25-16)13(2)23(22-17)15-8-4-7-14(20)11-15/h4,7-8,11,16H,3,5-6,9-10,12H2,1-2H3,(H,21,24)/t16-/m0/s1. The van der Waals surface area contributed by atoms with Gasteiger partial charge in [-0.2, -0.15) is 5.10 Å². The third-order valence-electron chi connectivity index (χ3n) is 4.47. The average molecular weight is 362 g/mol. The van der Waals surface area contributed by atoms with Gasteiger partial charge in [-0.15, -0.1) is 0 Å². The second kappa shape index (κ2) is 8.02. The molecule has 1 aromatic carbocycles. The Morgan fingerprint density at radius 1 is 1.48 bits per heavy atom. The van der Waals surface area contributed by atoms with Gasteiger partial charge in [-0.1, -0.05) is 31.0 Å². The summed E-state index contributed by atoms with van der Waals surface area (Å²) in [4.78, 5) is 12.8. The van der Waals surface area contributed by atoms with Gasteiger partial charge in [0, 0.05) is 18.2 Å². The van der Waals surface area contributed by atoms with Crippen LogP contribution in [0.2, 0.25) is 5.02 Å². The number of aromatic nitrogens is 2. The Labute approximate surface area is 153 Å². The summed E-state index contributed by atoms with van der Waals surface area (Å²) in [5, 5.41) is 8.34. The summed E-state index contributed by atoms with van der Waals surface area (Å²) >= 11 is 6.11. The maximum absolute atomic E-state index is 12.8. The Hall–Kier alpha value is -1.85. The van der Waals surface area contributed by atoms with Crippen molar-refractivity contribution in [3.63, 3.8) is 0 Å². The molecule has 1 saturated heterocycles. The maximum Gasteiger partial charge on any atom is 0.255 e. The van der Waals surface area contributed by atoms with Crippen molar-refractivity contribution < 1.29 is 9.53 Å². The first-order valence-corrected chi connectivity index (χ1v) is 9.22. The molecule has 0 bridgehead atoms. The van der Waals surface area contributed by atoms with Crippen LogP contribution in [-0.2, 0) is 11.2 Å². The molecule has 1 aliphatic heterocycles. The van der Waals surface area contributed by atoms with E-state index in [-0.39, 0.29) is 12.0 Å². The van der Waals surface area contributed by atoms with E-state index in [0.29, 0.717) is 17.1 Å². The predicted octanol–water partition coefficient (Wildman–Crippen LogP) is 3.70. The van der Waals surface area contributed by atoms with Crippen molar-refractivity contribution in [2.45, 2.75) is 45.6 Å².